The van der Waals surface area contributed by atoms with E-state index in [-0.39, 0.29) is 39.5 Å². The Morgan fingerprint density at radius 2 is 1.55 bits per heavy atom. The number of anilines is 1. The quantitative estimate of drug-likeness (QED) is 0.516. The van der Waals surface area contributed by atoms with Gasteiger partial charge in [-0.2, -0.15) is 4.31 Å². The van der Waals surface area contributed by atoms with Crippen molar-refractivity contribution in [1.29, 1.82) is 0 Å². The molecule has 2 N–H and O–H groups in total. The lowest BCUT2D eigenvalue weighted by Crippen LogP contribution is -2.42. The molecule has 0 fully saturated rings. The van der Waals surface area contributed by atoms with Crippen molar-refractivity contribution in [3.05, 3.63) is 51.5 Å². The SMILES string of the molecule is COc1ccc(C(C)=O)cc1S(=O)(=O)N(C(N)=O)c1c(C(C)C)cc(Br)cc1C(C)C. The Hall–Kier alpha value is -2.39. The van der Waals surface area contributed by atoms with Crippen molar-refractivity contribution in [3.63, 3.8) is 0 Å². The van der Waals surface area contributed by atoms with Gasteiger partial charge in [0.1, 0.15) is 10.6 Å². The summed E-state index contributed by atoms with van der Waals surface area (Å²) in [6.07, 6.45) is 0. The van der Waals surface area contributed by atoms with E-state index in [0.29, 0.717) is 15.4 Å². The van der Waals surface area contributed by atoms with E-state index in [0.717, 1.165) is 4.47 Å². The van der Waals surface area contributed by atoms with Crippen LogP contribution in [0.3, 0.4) is 0 Å². The van der Waals surface area contributed by atoms with Gasteiger partial charge in [-0.05, 0) is 60.2 Å². The number of methoxy groups -OCH3 is 1. The van der Waals surface area contributed by atoms with Crippen LogP contribution in [0.2, 0.25) is 0 Å². The van der Waals surface area contributed by atoms with Crippen LogP contribution in [0.1, 0.15) is 67.9 Å². The standard InChI is InChI=1S/C22H27BrN2O5S/c1-12(2)17-10-16(23)11-18(13(3)4)21(17)25(22(24)27)31(28,29)20-9-15(14(5)26)7-8-19(20)30-6/h7-13H,1-6H3,(H2,24,27). The summed E-state index contributed by atoms with van der Waals surface area (Å²) in [4.78, 5) is 24.2. The topological polar surface area (TPSA) is 107 Å². The first-order chi connectivity index (χ1) is 14.3. The Kier molecular flexibility index (Phi) is 7.54. The molecule has 0 aromatic heterocycles. The van der Waals surface area contributed by atoms with Gasteiger partial charge in [0.05, 0.1) is 12.8 Å². The molecule has 0 heterocycles. The van der Waals surface area contributed by atoms with Crippen molar-refractivity contribution < 1.29 is 22.7 Å². The average molecular weight is 511 g/mol. The van der Waals surface area contributed by atoms with Gasteiger partial charge in [-0.15, -0.1) is 0 Å². The smallest absolute Gasteiger partial charge is 0.333 e. The molecule has 0 aliphatic rings. The third-order valence-electron chi connectivity index (χ3n) is 4.87. The number of ketones is 1. The Morgan fingerprint density at radius 3 is 1.94 bits per heavy atom. The fourth-order valence-corrected chi connectivity index (χ4v) is 5.36. The first kappa shape index (κ1) is 24.9. The molecule has 0 spiro atoms. The molecule has 0 bridgehead atoms. The highest BCUT2D eigenvalue weighted by Crippen LogP contribution is 2.41. The third-order valence-corrected chi connectivity index (χ3v) is 7.05. The summed E-state index contributed by atoms with van der Waals surface area (Å²) in [5, 5.41) is 0. The molecule has 0 saturated heterocycles. The number of amides is 2. The van der Waals surface area contributed by atoms with E-state index in [1.54, 1.807) is 12.1 Å². The molecule has 2 rings (SSSR count). The van der Waals surface area contributed by atoms with Crippen molar-refractivity contribution in [2.45, 2.75) is 51.3 Å². The number of carbonyl (C=O) groups is 2. The van der Waals surface area contributed by atoms with Gasteiger partial charge >= 0.3 is 6.03 Å². The first-order valence-corrected chi connectivity index (χ1v) is 11.9. The number of nitrogens with zero attached hydrogens (tertiary/aromatic N) is 1. The summed E-state index contributed by atoms with van der Waals surface area (Å²) < 4.78 is 34.2. The minimum atomic E-state index is -4.51. The van der Waals surface area contributed by atoms with Crippen molar-refractivity contribution in [2.75, 3.05) is 11.4 Å². The maximum absolute atomic E-state index is 13.8. The molecular formula is C22H27BrN2O5S. The van der Waals surface area contributed by atoms with E-state index in [4.69, 9.17) is 10.5 Å². The molecule has 2 amide bonds. The van der Waals surface area contributed by atoms with Crippen LogP contribution in [0.15, 0.2) is 39.7 Å². The van der Waals surface area contributed by atoms with Crippen LogP contribution in [-0.4, -0.2) is 27.3 Å². The van der Waals surface area contributed by atoms with E-state index < -0.39 is 16.1 Å². The first-order valence-electron chi connectivity index (χ1n) is 9.70. The van der Waals surface area contributed by atoms with Crippen LogP contribution in [0.25, 0.3) is 0 Å². The Bertz CT molecular complexity index is 1100. The molecule has 0 radical (unpaired) electrons. The largest absolute Gasteiger partial charge is 0.495 e. The molecule has 7 nitrogen and oxygen atoms in total. The van der Waals surface area contributed by atoms with Crippen molar-refractivity contribution in [3.8, 4) is 5.75 Å². The molecular weight excluding hydrogens is 484 g/mol. The van der Waals surface area contributed by atoms with E-state index in [9.17, 15) is 18.0 Å². The minimum Gasteiger partial charge on any atom is -0.495 e. The number of primary amides is 1. The molecule has 2 aromatic rings. The van der Waals surface area contributed by atoms with Crippen LogP contribution in [0.4, 0.5) is 10.5 Å². The average Bonchev–Trinajstić information content (AvgIpc) is 2.67. The van der Waals surface area contributed by atoms with Crippen LogP contribution in [0.5, 0.6) is 5.75 Å². The molecule has 31 heavy (non-hydrogen) atoms. The lowest BCUT2D eigenvalue weighted by atomic mass is 9.92. The predicted octanol–water partition coefficient (Wildman–Crippen LogP) is 5.18. The number of ether oxygens (including phenoxy) is 1. The molecule has 0 unspecified atom stereocenters. The van der Waals surface area contributed by atoms with Crippen LogP contribution < -0.4 is 14.8 Å². The van der Waals surface area contributed by atoms with Crippen molar-refractivity contribution in [1.82, 2.24) is 0 Å². The fraction of sp³-hybridized carbons (Fsp3) is 0.364. The molecule has 2 aromatic carbocycles. The lowest BCUT2D eigenvalue weighted by Gasteiger charge is -2.29. The van der Waals surface area contributed by atoms with E-state index in [1.807, 2.05) is 27.7 Å². The number of halogens is 1. The van der Waals surface area contributed by atoms with Gasteiger partial charge in [-0.3, -0.25) is 4.79 Å². The zero-order valence-electron chi connectivity index (χ0n) is 18.4. The van der Waals surface area contributed by atoms with Gasteiger partial charge in [-0.1, -0.05) is 43.6 Å². The molecule has 0 atom stereocenters. The van der Waals surface area contributed by atoms with Crippen LogP contribution in [0, 0.1) is 0 Å². The maximum Gasteiger partial charge on any atom is 0.333 e. The zero-order valence-corrected chi connectivity index (χ0v) is 20.8. The minimum absolute atomic E-state index is 0.00514. The highest BCUT2D eigenvalue weighted by Gasteiger charge is 2.36. The Balaban J connectivity index is 2.95. The number of sulfonamides is 1. The summed E-state index contributed by atoms with van der Waals surface area (Å²) >= 11 is 3.47. The van der Waals surface area contributed by atoms with Gasteiger partial charge in [0.15, 0.2) is 5.78 Å². The summed E-state index contributed by atoms with van der Waals surface area (Å²) in [7, 11) is -3.20. The summed E-state index contributed by atoms with van der Waals surface area (Å²) in [5.74, 6) is -0.523. The highest BCUT2D eigenvalue weighted by molar-refractivity contribution is 9.10. The fourth-order valence-electron chi connectivity index (χ4n) is 3.30. The molecule has 0 saturated carbocycles. The third kappa shape index (κ3) is 4.93. The number of Topliss-reactive ketones (excluding diaryl/α,β-unsaturated/α-hetero) is 1. The Morgan fingerprint density at radius 1 is 1.03 bits per heavy atom. The summed E-state index contributed by atoms with van der Waals surface area (Å²) in [6.45, 7) is 8.93. The zero-order chi connectivity index (χ0) is 23.7. The lowest BCUT2D eigenvalue weighted by molar-refractivity contribution is 0.101. The molecule has 168 valence electrons. The number of rotatable bonds is 7. The van der Waals surface area contributed by atoms with E-state index in [2.05, 4.69) is 15.9 Å². The van der Waals surface area contributed by atoms with Gasteiger partial charge < -0.3 is 10.5 Å². The van der Waals surface area contributed by atoms with Crippen molar-refractivity contribution in [2.24, 2.45) is 5.73 Å². The van der Waals surface area contributed by atoms with Gasteiger partial charge in [0.25, 0.3) is 10.0 Å². The second kappa shape index (κ2) is 9.40. The monoisotopic (exact) mass is 510 g/mol. The number of hydrogen-bond donors (Lipinski definition) is 1. The van der Waals surface area contributed by atoms with Gasteiger partial charge in [-0.25, -0.2) is 13.2 Å². The van der Waals surface area contributed by atoms with E-state index >= 15 is 0 Å². The molecule has 9 heteroatoms. The number of urea groups is 1. The molecule has 0 aliphatic carbocycles. The summed E-state index contributed by atoms with van der Waals surface area (Å²) in [5.41, 5.74) is 7.32. The Labute approximate surface area is 191 Å². The second-order valence-corrected chi connectivity index (χ2v) is 10.4. The van der Waals surface area contributed by atoms with Crippen molar-refractivity contribution >= 4 is 43.5 Å². The van der Waals surface area contributed by atoms with Gasteiger partial charge in [0.2, 0.25) is 0 Å². The van der Waals surface area contributed by atoms with E-state index in [1.165, 1.54) is 32.2 Å². The maximum atomic E-state index is 13.8. The number of carbonyl (C=O) groups excluding carboxylic acids is 2. The van der Waals surface area contributed by atoms with Gasteiger partial charge in [0, 0.05) is 10.0 Å². The molecule has 0 aliphatic heterocycles. The normalized spacial score (nSPS) is 11.6. The van der Waals surface area contributed by atoms with Crippen LogP contribution in [-0.2, 0) is 10.0 Å². The second-order valence-electron chi connectivity index (χ2n) is 7.77. The number of hydrogen-bond acceptors (Lipinski definition) is 5. The van der Waals surface area contributed by atoms with Crippen LogP contribution >= 0.6 is 15.9 Å². The highest BCUT2D eigenvalue weighted by atomic mass is 79.9. The number of nitrogens with two attached hydrogens (primary N) is 1. The predicted molar refractivity (Wildman–Crippen MR) is 125 cm³/mol. The number of benzene rings is 2. The summed E-state index contributed by atoms with van der Waals surface area (Å²) in [6, 6.07) is 6.46.